The molecule has 15 heavy (non-hydrogen) atoms. The molecule has 3 heteroatoms. The molecule has 2 heterocycles. The van der Waals surface area contributed by atoms with Crippen LogP contribution in [0.25, 0.3) is 0 Å². The predicted octanol–water partition coefficient (Wildman–Crippen LogP) is 3.13. The van der Waals surface area contributed by atoms with Crippen molar-refractivity contribution in [1.29, 1.82) is 0 Å². The van der Waals surface area contributed by atoms with Gasteiger partial charge in [0.1, 0.15) is 0 Å². The highest BCUT2D eigenvalue weighted by Crippen LogP contribution is 2.43. The summed E-state index contributed by atoms with van der Waals surface area (Å²) in [6.07, 6.45) is 6.07. The van der Waals surface area contributed by atoms with E-state index in [1.54, 1.807) is 0 Å². The number of alkyl halides is 1. The van der Waals surface area contributed by atoms with Crippen molar-refractivity contribution in [1.82, 2.24) is 0 Å². The third-order valence-electron chi connectivity index (χ3n) is 4.05. The van der Waals surface area contributed by atoms with Gasteiger partial charge in [-0.15, -0.1) is 0 Å². The standard InChI is InChI=1S/C12H21BrO2/c1-9-3-4-11(15-9)7-12(8-13)5-6-14-10(12)2/h9-11H,3-8H2,1-2H3. The van der Waals surface area contributed by atoms with Gasteiger partial charge in [0.05, 0.1) is 18.3 Å². The molecule has 4 atom stereocenters. The number of ether oxygens (including phenoxy) is 2. The SMILES string of the molecule is CC1CCC(CC2(CBr)CCOC2C)O1. The Kier molecular flexibility index (Phi) is 3.74. The molecule has 2 aliphatic heterocycles. The highest BCUT2D eigenvalue weighted by atomic mass is 79.9. The van der Waals surface area contributed by atoms with E-state index in [2.05, 4.69) is 29.8 Å². The molecule has 0 radical (unpaired) electrons. The summed E-state index contributed by atoms with van der Waals surface area (Å²) in [5.41, 5.74) is 0.314. The average molecular weight is 277 g/mol. The van der Waals surface area contributed by atoms with Gasteiger partial charge in [0.25, 0.3) is 0 Å². The van der Waals surface area contributed by atoms with Crippen LogP contribution in [-0.2, 0) is 9.47 Å². The molecule has 0 saturated carbocycles. The van der Waals surface area contributed by atoms with E-state index in [4.69, 9.17) is 9.47 Å². The normalized spacial score (nSPS) is 46.2. The van der Waals surface area contributed by atoms with Gasteiger partial charge in [-0.25, -0.2) is 0 Å². The fourth-order valence-corrected chi connectivity index (χ4v) is 3.77. The van der Waals surface area contributed by atoms with Gasteiger partial charge in [-0.05, 0) is 39.5 Å². The summed E-state index contributed by atoms with van der Waals surface area (Å²) in [6.45, 7) is 5.29. The number of rotatable bonds is 3. The third-order valence-corrected chi connectivity index (χ3v) is 5.17. The van der Waals surface area contributed by atoms with Gasteiger partial charge in [-0.2, -0.15) is 0 Å². The van der Waals surface area contributed by atoms with Crippen LogP contribution in [0.15, 0.2) is 0 Å². The Hall–Kier alpha value is 0.400. The zero-order valence-corrected chi connectivity index (χ0v) is 11.3. The molecule has 2 nitrogen and oxygen atoms in total. The first-order valence-electron chi connectivity index (χ1n) is 5.99. The van der Waals surface area contributed by atoms with Crippen molar-refractivity contribution in [3.05, 3.63) is 0 Å². The maximum Gasteiger partial charge on any atom is 0.0613 e. The zero-order chi connectivity index (χ0) is 10.9. The zero-order valence-electron chi connectivity index (χ0n) is 9.67. The maximum absolute atomic E-state index is 5.92. The Labute approximate surface area is 101 Å². The van der Waals surface area contributed by atoms with E-state index in [1.807, 2.05) is 0 Å². The van der Waals surface area contributed by atoms with Crippen molar-refractivity contribution in [2.24, 2.45) is 5.41 Å². The van der Waals surface area contributed by atoms with Crippen LogP contribution >= 0.6 is 15.9 Å². The molecular formula is C12H21BrO2. The van der Waals surface area contributed by atoms with Crippen LogP contribution in [-0.4, -0.2) is 30.2 Å². The first kappa shape index (κ1) is 11.9. The summed E-state index contributed by atoms with van der Waals surface area (Å²) in [6, 6.07) is 0. The summed E-state index contributed by atoms with van der Waals surface area (Å²) >= 11 is 3.66. The Bertz CT molecular complexity index is 222. The minimum absolute atomic E-state index is 0.314. The molecule has 88 valence electrons. The van der Waals surface area contributed by atoms with Crippen LogP contribution in [0.3, 0.4) is 0 Å². The summed E-state index contributed by atoms with van der Waals surface area (Å²) in [5, 5.41) is 1.04. The Morgan fingerprint density at radius 3 is 2.60 bits per heavy atom. The first-order chi connectivity index (χ1) is 7.16. The quantitative estimate of drug-likeness (QED) is 0.738. The molecular weight excluding hydrogens is 256 g/mol. The van der Waals surface area contributed by atoms with Crippen molar-refractivity contribution in [2.45, 2.75) is 57.8 Å². The second kappa shape index (κ2) is 4.72. The summed E-state index contributed by atoms with van der Waals surface area (Å²) in [4.78, 5) is 0. The van der Waals surface area contributed by atoms with Gasteiger partial charge in [0.2, 0.25) is 0 Å². The molecule has 2 fully saturated rings. The summed E-state index contributed by atoms with van der Waals surface area (Å²) in [7, 11) is 0. The average Bonchev–Trinajstić information content (AvgIpc) is 2.76. The molecule has 2 aliphatic rings. The van der Waals surface area contributed by atoms with E-state index in [9.17, 15) is 0 Å². The molecule has 0 spiro atoms. The van der Waals surface area contributed by atoms with E-state index < -0.39 is 0 Å². The second-order valence-electron chi connectivity index (χ2n) is 5.11. The molecule has 0 aromatic heterocycles. The lowest BCUT2D eigenvalue weighted by Gasteiger charge is -2.32. The fraction of sp³-hybridized carbons (Fsp3) is 1.00. The molecule has 0 bridgehead atoms. The lowest BCUT2D eigenvalue weighted by molar-refractivity contribution is 0.00361. The molecule has 0 amide bonds. The Balaban J connectivity index is 1.96. The molecule has 2 saturated heterocycles. The van der Waals surface area contributed by atoms with Crippen LogP contribution in [0.4, 0.5) is 0 Å². The summed E-state index contributed by atoms with van der Waals surface area (Å²) < 4.78 is 11.6. The third kappa shape index (κ3) is 2.40. The molecule has 0 aromatic rings. The van der Waals surface area contributed by atoms with Crippen molar-refractivity contribution in [2.75, 3.05) is 11.9 Å². The highest BCUT2D eigenvalue weighted by Gasteiger charge is 2.43. The number of halogens is 1. The van der Waals surface area contributed by atoms with Crippen molar-refractivity contribution >= 4 is 15.9 Å². The van der Waals surface area contributed by atoms with Crippen LogP contribution in [0.1, 0.15) is 39.5 Å². The Morgan fingerprint density at radius 1 is 1.33 bits per heavy atom. The van der Waals surface area contributed by atoms with Crippen LogP contribution in [0, 0.1) is 5.41 Å². The Morgan fingerprint density at radius 2 is 2.13 bits per heavy atom. The van der Waals surface area contributed by atoms with Gasteiger partial charge in [-0.3, -0.25) is 0 Å². The van der Waals surface area contributed by atoms with Gasteiger partial charge in [-0.1, -0.05) is 15.9 Å². The van der Waals surface area contributed by atoms with Gasteiger partial charge in [0, 0.05) is 17.4 Å². The van der Waals surface area contributed by atoms with Crippen molar-refractivity contribution in [3.63, 3.8) is 0 Å². The van der Waals surface area contributed by atoms with E-state index in [0.29, 0.717) is 23.7 Å². The molecule has 4 unspecified atom stereocenters. The second-order valence-corrected chi connectivity index (χ2v) is 5.67. The van der Waals surface area contributed by atoms with Gasteiger partial charge < -0.3 is 9.47 Å². The largest absolute Gasteiger partial charge is 0.378 e. The number of hydrogen-bond acceptors (Lipinski definition) is 2. The van der Waals surface area contributed by atoms with Crippen molar-refractivity contribution < 1.29 is 9.47 Å². The lowest BCUT2D eigenvalue weighted by Crippen LogP contribution is -2.34. The maximum atomic E-state index is 5.92. The molecule has 2 rings (SSSR count). The fourth-order valence-electron chi connectivity index (χ4n) is 2.81. The molecule has 0 N–H and O–H groups in total. The minimum Gasteiger partial charge on any atom is -0.378 e. The van der Waals surface area contributed by atoms with E-state index >= 15 is 0 Å². The van der Waals surface area contributed by atoms with Crippen LogP contribution in [0.5, 0.6) is 0 Å². The number of hydrogen-bond donors (Lipinski definition) is 0. The van der Waals surface area contributed by atoms with Gasteiger partial charge >= 0.3 is 0 Å². The topological polar surface area (TPSA) is 18.5 Å². The first-order valence-corrected chi connectivity index (χ1v) is 7.11. The van der Waals surface area contributed by atoms with E-state index in [0.717, 1.165) is 18.4 Å². The molecule has 0 aliphatic carbocycles. The van der Waals surface area contributed by atoms with E-state index in [-0.39, 0.29) is 0 Å². The monoisotopic (exact) mass is 276 g/mol. The van der Waals surface area contributed by atoms with E-state index in [1.165, 1.54) is 19.3 Å². The molecule has 0 aromatic carbocycles. The van der Waals surface area contributed by atoms with Crippen LogP contribution in [0.2, 0.25) is 0 Å². The lowest BCUT2D eigenvalue weighted by atomic mass is 9.78. The minimum atomic E-state index is 0.314. The smallest absolute Gasteiger partial charge is 0.0613 e. The van der Waals surface area contributed by atoms with Gasteiger partial charge in [0.15, 0.2) is 0 Å². The highest BCUT2D eigenvalue weighted by molar-refractivity contribution is 9.09. The van der Waals surface area contributed by atoms with Crippen molar-refractivity contribution in [3.8, 4) is 0 Å². The van der Waals surface area contributed by atoms with Crippen LogP contribution < -0.4 is 0 Å². The predicted molar refractivity (Wildman–Crippen MR) is 64.4 cm³/mol. The summed E-state index contributed by atoms with van der Waals surface area (Å²) in [5.74, 6) is 0.